The molecular weight excluding hydrogens is 320 g/mol. The molecular formula is C15H16N2O5S. The maximum atomic E-state index is 12.9. The summed E-state index contributed by atoms with van der Waals surface area (Å²) in [4.78, 5) is 41.4. The molecule has 1 aliphatic rings. The van der Waals surface area contributed by atoms with Gasteiger partial charge in [0.1, 0.15) is 16.7 Å². The van der Waals surface area contributed by atoms with Crippen LogP contribution in [0.1, 0.15) is 48.0 Å². The van der Waals surface area contributed by atoms with Gasteiger partial charge in [-0.3, -0.25) is 14.2 Å². The summed E-state index contributed by atoms with van der Waals surface area (Å²) in [5, 5.41) is 18.9. The fourth-order valence-corrected chi connectivity index (χ4v) is 4.52. The van der Waals surface area contributed by atoms with E-state index in [1.165, 1.54) is 18.3 Å². The van der Waals surface area contributed by atoms with Gasteiger partial charge in [0.05, 0.1) is 11.3 Å². The molecule has 0 saturated heterocycles. The van der Waals surface area contributed by atoms with Crippen molar-refractivity contribution in [2.45, 2.75) is 45.1 Å². The van der Waals surface area contributed by atoms with Gasteiger partial charge in [-0.1, -0.05) is 0 Å². The van der Waals surface area contributed by atoms with E-state index in [1.807, 2.05) is 0 Å². The van der Waals surface area contributed by atoms with Crippen molar-refractivity contribution >= 4 is 33.5 Å². The van der Waals surface area contributed by atoms with Crippen LogP contribution in [0.3, 0.4) is 0 Å². The molecule has 0 spiro atoms. The van der Waals surface area contributed by atoms with E-state index in [-0.39, 0.29) is 5.39 Å². The molecule has 2 heterocycles. The highest BCUT2D eigenvalue weighted by Crippen LogP contribution is 2.40. The minimum atomic E-state index is -1.13. The molecule has 0 aromatic carbocycles. The molecule has 0 radical (unpaired) electrons. The van der Waals surface area contributed by atoms with Crippen molar-refractivity contribution in [3.05, 3.63) is 26.6 Å². The van der Waals surface area contributed by atoms with E-state index >= 15 is 0 Å². The summed E-state index contributed by atoms with van der Waals surface area (Å²) in [6.45, 7) is 3.01. The van der Waals surface area contributed by atoms with Crippen LogP contribution in [-0.4, -0.2) is 31.7 Å². The van der Waals surface area contributed by atoms with Crippen LogP contribution in [0.5, 0.6) is 0 Å². The summed E-state index contributed by atoms with van der Waals surface area (Å²) < 4.78 is 1.13. The van der Waals surface area contributed by atoms with Crippen molar-refractivity contribution in [3.63, 3.8) is 0 Å². The molecule has 2 N–H and O–H groups in total. The lowest BCUT2D eigenvalue weighted by molar-refractivity contribution is -0.141. The quantitative estimate of drug-likeness (QED) is 0.886. The maximum Gasteiger partial charge on any atom is 0.326 e. The third kappa shape index (κ3) is 2.33. The number of carboxylic acid groups (broad SMARTS) is 2. The first kappa shape index (κ1) is 15.7. The first-order valence-electron chi connectivity index (χ1n) is 7.33. The van der Waals surface area contributed by atoms with Crippen LogP contribution >= 0.6 is 11.3 Å². The molecule has 2 aromatic rings. The molecule has 2 aromatic heterocycles. The van der Waals surface area contributed by atoms with Crippen LogP contribution in [0.2, 0.25) is 0 Å². The van der Waals surface area contributed by atoms with Gasteiger partial charge in [-0.15, -0.1) is 11.3 Å². The van der Waals surface area contributed by atoms with Crippen molar-refractivity contribution in [1.82, 2.24) is 9.55 Å². The van der Waals surface area contributed by atoms with Crippen molar-refractivity contribution in [1.29, 1.82) is 0 Å². The number of aliphatic carboxylic acids is 2. The number of thiophene rings is 1. The Kier molecular flexibility index (Phi) is 3.71. The van der Waals surface area contributed by atoms with Crippen molar-refractivity contribution in [2.24, 2.45) is 0 Å². The molecule has 2 unspecified atom stereocenters. The van der Waals surface area contributed by atoms with E-state index in [2.05, 4.69) is 4.98 Å². The number of carboxylic acids is 2. The molecule has 0 amide bonds. The van der Waals surface area contributed by atoms with E-state index < -0.39 is 29.5 Å². The molecule has 0 aliphatic heterocycles. The summed E-state index contributed by atoms with van der Waals surface area (Å²) in [7, 11) is 0. The fourth-order valence-electron chi connectivity index (χ4n) is 3.21. The number of aromatic nitrogens is 2. The van der Waals surface area contributed by atoms with Crippen molar-refractivity contribution in [3.8, 4) is 0 Å². The molecule has 3 rings (SSSR count). The average Bonchev–Trinajstić information content (AvgIpc) is 2.84. The zero-order chi connectivity index (χ0) is 16.9. The van der Waals surface area contributed by atoms with E-state index in [9.17, 15) is 24.6 Å². The van der Waals surface area contributed by atoms with E-state index in [4.69, 9.17) is 0 Å². The number of aryl methyl sites for hydroxylation is 2. The molecule has 122 valence electrons. The number of nitrogens with zero attached hydrogens (tertiary/aromatic N) is 2. The minimum absolute atomic E-state index is 0.274. The van der Waals surface area contributed by atoms with Gasteiger partial charge in [0.15, 0.2) is 0 Å². The minimum Gasteiger partial charge on any atom is -0.481 e. The van der Waals surface area contributed by atoms with Crippen LogP contribution in [0.15, 0.2) is 4.79 Å². The Morgan fingerprint density at radius 2 is 2.09 bits per heavy atom. The van der Waals surface area contributed by atoms with Gasteiger partial charge in [0.25, 0.3) is 5.56 Å². The zero-order valence-corrected chi connectivity index (χ0v) is 13.5. The van der Waals surface area contributed by atoms with Gasteiger partial charge >= 0.3 is 11.9 Å². The van der Waals surface area contributed by atoms with Crippen molar-refractivity contribution in [2.75, 3.05) is 0 Å². The highest BCUT2D eigenvalue weighted by Gasteiger charge is 2.33. The number of hydrogen-bond donors (Lipinski definition) is 2. The molecule has 2 atom stereocenters. The van der Waals surface area contributed by atoms with Gasteiger partial charge in [0, 0.05) is 4.88 Å². The Bertz CT molecular complexity index is 882. The average molecular weight is 336 g/mol. The van der Waals surface area contributed by atoms with Crippen LogP contribution in [0, 0.1) is 6.92 Å². The lowest BCUT2D eigenvalue weighted by Gasteiger charge is -2.19. The van der Waals surface area contributed by atoms with Crippen LogP contribution in [0.4, 0.5) is 0 Å². The Morgan fingerprint density at radius 3 is 2.70 bits per heavy atom. The Morgan fingerprint density at radius 1 is 1.39 bits per heavy atom. The SMILES string of the molecule is Cc1nc2sc3c(c2c(=O)n1C(C)C(=O)O)C(C(=O)O)CCC3. The second-order valence-electron chi connectivity index (χ2n) is 5.75. The van der Waals surface area contributed by atoms with E-state index in [0.717, 1.165) is 22.3 Å². The first-order chi connectivity index (χ1) is 10.8. The van der Waals surface area contributed by atoms with E-state index in [1.54, 1.807) is 6.92 Å². The fraction of sp³-hybridized carbons (Fsp3) is 0.467. The highest BCUT2D eigenvalue weighted by atomic mass is 32.1. The molecule has 23 heavy (non-hydrogen) atoms. The number of hydrogen-bond acceptors (Lipinski definition) is 5. The number of fused-ring (bicyclic) bond motifs is 3. The second-order valence-corrected chi connectivity index (χ2v) is 6.83. The summed E-state index contributed by atoms with van der Waals surface area (Å²) in [5.74, 6) is -2.49. The topological polar surface area (TPSA) is 109 Å². The van der Waals surface area contributed by atoms with Gasteiger partial charge in [-0.25, -0.2) is 9.78 Å². The zero-order valence-electron chi connectivity index (χ0n) is 12.7. The lowest BCUT2D eigenvalue weighted by atomic mass is 9.86. The predicted octanol–water partition coefficient (Wildman–Crippen LogP) is 1.92. The second kappa shape index (κ2) is 5.45. The standard InChI is InChI=1S/C15H16N2O5S/c1-6(14(19)20)17-7(2)16-12-11(13(17)18)10-8(15(21)22)4-3-5-9(10)23-12/h6,8H,3-5H2,1-2H3,(H,19,20)(H,21,22). The summed E-state index contributed by atoms with van der Waals surface area (Å²) in [6, 6.07) is -1.05. The maximum absolute atomic E-state index is 12.9. The predicted molar refractivity (Wildman–Crippen MR) is 84.3 cm³/mol. The molecule has 7 nitrogen and oxygen atoms in total. The summed E-state index contributed by atoms with van der Waals surface area (Å²) in [6.07, 6.45) is 1.97. The van der Waals surface area contributed by atoms with E-state index in [0.29, 0.717) is 22.6 Å². The van der Waals surface area contributed by atoms with Gasteiger partial charge in [0.2, 0.25) is 0 Å². The third-order valence-corrected chi connectivity index (χ3v) is 5.50. The monoisotopic (exact) mass is 336 g/mol. The van der Waals surface area contributed by atoms with Gasteiger partial charge < -0.3 is 10.2 Å². The molecule has 8 heteroatoms. The number of carbonyl (C=O) groups is 2. The van der Waals surface area contributed by atoms with Crippen molar-refractivity contribution < 1.29 is 19.8 Å². The number of rotatable bonds is 3. The first-order valence-corrected chi connectivity index (χ1v) is 8.14. The Hall–Kier alpha value is -2.22. The smallest absolute Gasteiger partial charge is 0.326 e. The molecule has 0 bridgehead atoms. The Labute approximate surface area is 135 Å². The Balaban J connectivity index is 2.36. The van der Waals surface area contributed by atoms with Gasteiger partial charge in [-0.05, 0) is 38.7 Å². The summed E-state index contributed by atoms with van der Waals surface area (Å²) >= 11 is 1.34. The molecule has 0 fully saturated rings. The summed E-state index contributed by atoms with van der Waals surface area (Å²) in [5.41, 5.74) is 0.0700. The largest absolute Gasteiger partial charge is 0.481 e. The lowest BCUT2D eigenvalue weighted by Crippen LogP contribution is -2.31. The van der Waals surface area contributed by atoms with Crippen LogP contribution in [-0.2, 0) is 16.0 Å². The van der Waals surface area contributed by atoms with Gasteiger partial charge in [-0.2, -0.15) is 0 Å². The van der Waals surface area contributed by atoms with Crippen LogP contribution in [0.25, 0.3) is 10.2 Å². The molecule has 1 aliphatic carbocycles. The normalized spacial score (nSPS) is 18.6. The van der Waals surface area contributed by atoms with Crippen LogP contribution < -0.4 is 5.56 Å². The highest BCUT2D eigenvalue weighted by molar-refractivity contribution is 7.18. The third-order valence-electron chi connectivity index (χ3n) is 4.34. The molecule has 0 saturated carbocycles.